The van der Waals surface area contributed by atoms with E-state index >= 15 is 9.59 Å². The molecule has 0 aliphatic heterocycles. The summed E-state index contributed by atoms with van der Waals surface area (Å²) in [6.45, 7) is -0.599. The molecular formula is C68H54N4O14S2. The maximum Gasteiger partial charge on any atom is 0.414 e. The highest BCUT2D eigenvalue weighted by Crippen LogP contribution is 2.46. The fraction of sp³-hybridized carbons (Fsp3) is 0.118. The molecule has 0 heterocycles. The number of phenolic OH excluding ortho intramolecular Hbond substituents is 2. The first-order valence-corrected chi connectivity index (χ1v) is 30.7. The minimum Gasteiger partial charge on any atom is -0.507 e. The van der Waals surface area contributed by atoms with Crippen LogP contribution in [0.1, 0.15) is 54.8 Å². The molecule has 10 aromatic rings. The molecule has 0 aromatic heterocycles. The first-order valence-electron chi connectivity index (χ1n) is 27.7. The Hall–Kier alpha value is -10.7. The molecule has 88 heavy (non-hydrogen) atoms. The Kier molecular flexibility index (Phi) is 15.5. The number of rotatable bonds is 17. The molecule has 0 saturated carbocycles. The van der Waals surface area contributed by atoms with Crippen molar-refractivity contribution in [2.24, 2.45) is 0 Å². The van der Waals surface area contributed by atoms with Crippen LogP contribution in [0, 0.1) is 0 Å². The molecule has 2 aliphatic rings. The molecule has 0 fully saturated rings. The first-order chi connectivity index (χ1) is 42.5. The SMILES string of the molecule is COC(=O)c1cc(NS(=O)(=O)c2ccc3ccc(N(CCN(C(=O)OCC4c5ccccc5-c5ccccc54)c4ccc5ccc(S(=O)(=O)Nc6ccc(O)c(C(=O)OC)c6)cc5c4)C(=O)OCC4c5ccccc5-c5ccccc54)cc3c2)ccc1O. The van der Waals surface area contributed by atoms with Gasteiger partial charge in [-0.05, 0) is 151 Å². The van der Waals surface area contributed by atoms with Gasteiger partial charge in [0.05, 0.1) is 24.0 Å². The Bertz CT molecular complexity index is 4320. The van der Waals surface area contributed by atoms with Crippen molar-refractivity contribution in [1.82, 2.24) is 0 Å². The van der Waals surface area contributed by atoms with Crippen LogP contribution in [-0.4, -0.2) is 91.7 Å². The fourth-order valence-corrected chi connectivity index (χ4v) is 13.6. The minimum atomic E-state index is -4.35. The molecule has 4 N–H and O–H groups in total. The highest BCUT2D eigenvalue weighted by molar-refractivity contribution is 7.93. The van der Waals surface area contributed by atoms with Crippen molar-refractivity contribution < 1.29 is 65.2 Å². The van der Waals surface area contributed by atoms with Crippen molar-refractivity contribution in [3.8, 4) is 33.8 Å². The lowest BCUT2D eigenvalue weighted by Crippen LogP contribution is -2.42. The number of sulfonamides is 2. The molecule has 0 atom stereocenters. The molecule has 18 nitrogen and oxygen atoms in total. The Morgan fingerprint density at radius 1 is 0.420 bits per heavy atom. The van der Waals surface area contributed by atoms with E-state index in [0.29, 0.717) is 21.5 Å². The van der Waals surface area contributed by atoms with Crippen molar-refractivity contribution in [3.05, 3.63) is 240 Å². The highest BCUT2D eigenvalue weighted by atomic mass is 32.2. The van der Waals surface area contributed by atoms with Gasteiger partial charge in [0.1, 0.15) is 35.8 Å². The van der Waals surface area contributed by atoms with Gasteiger partial charge >= 0.3 is 24.1 Å². The first kappa shape index (κ1) is 57.7. The fourth-order valence-electron chi connectivity index (χ4n) is 11.5. The molecule has 20 heteroatoms. The molecule has 0 bridgehead atoms. The number of hydrogen-bond donors (Lipinski definition) is 4. The molecule has 12 rings (SSSR count). The normalized spacial score (nSPS) is 12.5. The van der Waals surface area contributed by atoms with Crippen LogP contribution in [0.4, 0.5) is 32.3 Å². The number of methoxy groups -OCH3 is 2. The summed E-state index contributed by atoms with van der Waals surface area (Å²) in [5.74, 6) is -3.22. The van der Waals surface area contributed by atoms with E-state index in [9.17, 15) is 36.6 Å². The summed E-state index contributed by atoms with van der Waals surface area (Å²) < 4.78 is 83.1. The standard InChI is InChI=1S/C68H54N4O14S2/c1-83-65(75)59-37-45(23-29-63(59)73)69-87(79,80)49-27-21-41-19-25-47(33-43(41)35-49)71(67(77)85-39-61-55-15-7-3-11-51(55)52-12-4-8-16-56(52)61)31-32-72(68(78)86-40-62-57-17-9-5-13-53(57)54-14-6-10-18-58(54)62)48-26-20-42-22-28-50(36-44(42)34-48)88(81,82)70-46-24-30-64(74)60(38-46)66(76)84-2/h3-30,33-38,61-62,69-70,73-74H,31-32,39-40H2,1-2H3. The van der Waals surface area contributed by atoms with Crippen LogP contribution < -0.4 is 19.2 Å². The van der Waals surface area contributed by atoms with Gasteiger partial charge < -0.3 is 29.2 Å². The van der Waals surface area contributed by atoms with Crippen molar-refractivity contribution in [2.45, 2.75) is 21.6 Å². The molecule has 2 aliphatic carbocycles. The topological polar surface area (TPSA) is 244 Å². The maximum absolute atomic E-state index is 15.1. The zero-order valence-corrected chi connectivity index (χ0v) is 48.8. The van der Waals surface area contributed by atoms with Gasteiger partial charge in [-0.2, -0.15) is 0 Å². The predicted molar refractivity (Wildman–Crippen MR) is 333 cm³/mol. The van der Waals surface area contributed by atoms with E-state index in [1.807, 2.05) is 97.1 Å². The monoisotopic (exact) mass is 1210 g/mol. The van der Waals surface area contributed by atoms with E-state index in [4.69, 9.17) is 18.9 Å². The highest BCUT2D eigenvalue weighted by Gasteiger charge is 2.33. The van der Waals surface area contributed by atoms with E-state index < -0.39 is 55.7 Å². The molecule has 0 unspecified atom stereocenters. The number of ether oxygens (including phenoxy) is 4. The van der Waals surface area contributed by atoms with Crippen LogP contribution in [0.25, 0.3) is 43.8 Å². The van der Waals surface area contributed by atoms with Gasteiger partial charge in [0.15, 0.2) is 0 Å². The number of anilines is 4. The third kappa shape index (κ3) is 11.2. The summed E-state index contributed by atoms with van der Waals surface area (Å²) in [5.41, 5.74) is 7.95. The zero-order chi connectivity index (χ0) is 61.4. The lowest BCUT2D eigenvalue weighted by Gasteiger charge is -2.28. The number of hydrogen-bond acceptors (Lipinski definition) is 14. The van der Waals surface area contributed by atoms with Gasteiger partial charge in [-0.3, -0.25) is 19.2 Å². The Labute approximate surface area is 505 Å². The van der Waals surface area contributed by atoms with Crippen LogP contribution in [0.15, 0.2) is 216 Å². The molecule has 2 amide bonds. The molecule has 0 spiro atoms. The number of aromatic hydroxyl groups is 2. The van der Waals surface area contributed by atoms with Crippen LogP contribution in [0.5, 0.6) is 11.5 Å². The number of phenols is 2. The number of amides is 2. The lowest BCUT2D eigenvalue weighted by atomic mass is 9.98. The Morgan fingerprint density at radius 3 is 1.11 bits per heavy atom. The van der Waals surface area contributed by atoms with Gasteiger partial charge in [-0.25, -0.2) is 36.0 Å². The van der Waals surface area contributed by atoms with E-state index in [1.165, 1.54) is 46.2 Å². The summed E-state index contributed by atoms with van der Waals surface area (Å²) in [5, 5.41) is 22.6. The minimum absolute atomic E-state index is 0.0225. The van der Waals surface area contributed by atoms with E-state index in [-0.39, 0.29) is 81.8 Å². The third-order valence-electron chi connectivity index (χ3n) is 15.8. The average molecular weight is 1220 g/mol. The van der Waals surface area contributed by atoms with E-state index in [1.54, 1.807) is 48.5 Å². The Morgan fingerprint density at radius 2 is 0.761 bits per heavy atom. The van der Waals surface area contributed by atoms with Gasteiger partial charge in [0.2, 0.25) is 0 Å². The van der Waals surface area contributed by atoms with Gasteiger partial charge in [0.25, 0.3) is 20.0 Å². The second-order valence-corrected chi connectivity index (χ2v) is 24.3. The summed E-state index contributed by atoms with van der Waals surface area (Å²) in [7, 11) is -6.43. The molecule has 0 radical (unpaired) electrons. The number of carbonyl (C=O) groups is 4. The number of carbonyl (C=O) groups excluding carboxylic acids is 4. The molecule has 442 valence electrons. The number of nitrogens with one attached hydrogen (secondary N) is 2. The molecule has 0 saturated heterocycles. The van der Waals surface area contributed by atoms with E-state index in [0.717, 1.165) is 83.0 Å². The van der Waals surface area contributed by atoms with Crippen LogP contribution >= 0.6 is 0 Å². The second kappa shape index (κ2) is 23.6. The number of benzene rings is 10. The Balaban J connectivity index is 0.902. The summed E-state index contributed by atoms with van der Waals surface area (Å²) in [4.78, 5) is 57.3. The van der Waals surface area contributed by atoms with E-state index in [2.05, 4.69) is 9.44 Å². The number of fused-ring (bicyclic) bond motifs is 8. The van der Waals surface area contributed by atoms with Gasteiger partial charge in [-0.1, -0.05) is 121 Å². The smallest absolute Gasteiger partial charge is 0.414 e. The summed E-state index contributed by atoms with van der Waals surface area (Å²) in [6, 6.07) is 57.7. The molecular weight excluding hydrogens is 1160 g/mol. The summed E-state index contributed by atoms with van der Waals surface area (Å²) >= 11 is 0. The maximum atomic E-state index is 15.1. The number of esters is 2. The largest absolute Gasteiger partial charge is 0.507 e. The van der Waals surface area contributed by atoms with Crippen LogP contribution in [0.3, 0.4) is 0 Å². The average Bonchev–Trinajstić information content (AvgIpc) is 3.34. The van der Waals surface area contributed by atoms with Crippen molar-refractivity contribution in [1.29, 1.82) is 0 Å². The lowest BCUT2D eigenvalue weighted by molar-refractivity contribution is 0.0588. The van der Waals surface area contributed by atoms with Crippen LogP contribution in [0.2, 0.25) is 0 Å². The van der Waals surface area contributed by atoms with Crippen molar-refractivity contribution in [3.63, 3.8) is 0 Å². The second-order valence-electron chi connectivity index (χ2n) is 21.0. The zero-order valence-electron chi connectivity index (χ0n) is 47.1. The quantitative estimate of drug-likeness (QED) is 0.0376. The van der Waals surface area contributed by atoms with Gasteiger partial charge in [0, 0.05) is 47.7 Å². The molecule has 10 aromatic carbocycles. The van der Waals surface area contributed by atoms with Crippen LogP contribution in [-0.2, 0) is 39.0 Å². The van der Waals surface area contributed by atoms with Gasteiger partial charge in [-0.15, -0.1) is 0 Å². The number of nitrogens with zero attached hydrogens (tertiary/aromatic N) is 2. The van der Waals surface area contributed by atoms with Crippen molar-refractivity contribution in [2.75, 3.05) is 59.8 Å². The third-order valence-corrected chi connectivity index (χ3v) is 18.6. The summed E-state index contributed by atoms with van der Waals surface area (Å²) in [6.07, 6.45) is -1.58. The van der Waals surface area contributed by atoms with Crippen molar-refractivity contribution >= 4 is 88.5 Å². The predicted octanol–water partition coefficient (Wildman–Crippen LogP) is 12.8.